The van der Waals surface area contributed by atoms with Crippen molar-refractivity contribution >= 4 is 0 Å². The van der Waals surface area contributed by atoms with Gasteiger partial charge < -0.3 is 9.84 Å². The zero-order valence-corrected chi connectivity index (χ0v) is 10.9. The predicted octanol–water partition coefficient (Wildman–Crippen LogP) is 4.13. The number of hydrogen-bond donors (Lipinski definition) is 1. The van der Waals surface area contributed by atoms with Crippen LogP contribution in [0.2, 0.25) is 0 Å². The zero-order valence-electron chi connectivity index (χ0n) is 10.9. The minimum Gasteiger partial charge on any atom is -0.508 e. The van der Waals surface area contributed by atoms with Crippen molar-refractivity contribution in [2.45, 2.75) is 38.7 Å². The number of rotatable bonds is 0. The molecule has 19 heavy (non-hydrogen) atoms. The molecule has 102 valence electrons. The average Bonchev–Trinajstić information content (AvgIpc) is 2.25. The van der Waals surface area contributed by atoms with E-state index < -0.39 is 12.0 Å². The number of aryl methyl sites for hydroxylation is 1. The molecule has 2 atom stereocenters. The summed E-state index contributed by atoms with van der Waals surface area (Å²) in [5.74, 6) is -1.07. The summed E-state index contributed by atoms with van der Waals surface area (Å²) in [5, 5.41) is 10.1. The number of fused-ring (bicyclic) bond motifs is 3. The van der Waals surface area contributed by atoms with Crippen LogP contribution >= 0.6 is 0 Å². The van der Waals surface area contributed by atoms with Crippen molar-refractivity contribution in [2.24, 2.45) is 5.92 Å². The van der Waals surface area contributed by atoms with E-state index >= 15 is 0 Å². The number of phenolic OH excluding ortho intramolecular Hbond substituents is 1. The Morgan fingerprint density at radius 1 is 1.32 bits per heavy atom. The van der Waals surface area contributed by atoms with Gasteiger partial charge in [0.1, 0.15) is 11.5 Å². The Kier molecular flexibility index (Phi) is 2.59. The molecule has 2 aliphatic rings. The number of benzene rings is 1. The third-order valence-corrected chi connectivity index (χ3v) is 4.06. The Bertz CT molecular complexity index is 564. The molecule has 3 rings (SSSR count). The van der Waals surface area contributed by atoms with Crippen LogP contribution in [-0.2, 0) is 0 Å². The van der Waals surface area contributed by atoms with E-state index in [0.29, 0.717) is 17.5 Å². The van der Waals surface area contributed by atoms with Gasteiger partial charge in [-0.3, -0.25) is 0 Å². The zero-order chi connectivity index (χ0) is 13.8. The van der Waals surface area contributed by atoms with Gasteiger partial charge in [-0.2, -0.15) is 8.78 Å². The molecular formula is C15H16F2O2. The van der Waals surface area contributed by atoms with Crippen molar-refractivity contribution in [3.05, 3.63) is 34.9 Å². The number of alkyl halides is 2. The topological polar surface area (TPSA) is 29.5 Å². The van der Waals surface area contributed by atoms with Crippen LogP contribution in [0.4, 0.5) is 8.78 Å². The summed E-state index contributed by atoms with van der Waals surface area (Å²) in [4.78, 5) is 0. The fourth-order valence-electron chi connectivity index (χ4n) is 3.16. The predicted molar refractivity (Wildman–Crippen MR) is 67.6 cm³/mol. The van der Waals surface area contributed by atoms with Crippen molar-refractivity contribution in [2.75, 3.05) is 0 Å². The van der Waals surface area contributed by atoms with Gasteiger partial charge in [-0.05, 0) is 44.4 Å². The van der Waals surface area contributed by atoms with Gasteiger partial charge in [0.15, 0.2) is 0 Å². The lowest BCUT2D eigenvalue weighted by molar-refractivity contribution is -0.230. The number of allylic oxidation sites excluding steroid dienone is 2. The smallest absolute Gasteiger partial charge is 0.401 e. The second kappa shape index (κ2) is 3.95. The number of phenols is 1. The highest BCUT2D eigenvalue weighted by Gasteiger charge is 2.52. The van der Waals surface area contributed by atoms with Crippen molar-refractivity contribution in [1.82, 2.24) is 0 Å². The van der Waals surface area contributed by atoms with Gasteiger partial charge in [-0.15, -0.1) is 0 Å². The summed E-state index contributed by atoms with van der Waals surface area (Å²) in [7, 11) is 0. The van der Waals surface area contributed by atoms with Crippen LogP contribution < -0.4 is 4.74 Å². The summed E-state index contributed by atoms with van der Waals surface area (Å²) >= 11 is 0. The van der Waals surface area contributed by atoms with Gasteiger partial charge >= 0.3 is 6.11 Å². The molecule has 0 fully saturated rings. The van der Waals surface area contributed by atoms with Gasteiger partial charge in [-0.25, -0.2) is 0 Å². The Hall–Kier alpha value is -1.58. The molecule has 1 aliphatic carbocycles. The van der Waals surface area contributed by atoms with Crippen LogP contribution in [0.1, 0.15) is 36.8 Å². The molecule has 2 unspecified atom stereocenters. The van der Waals surface area contributed by atoms with Gasteiger partial charge in [-0.1, -0.05) is 11.6 Å². The first-order valence-electron chi connectivity index (χ1n) is 6.44. The maximum absolute atomic E-state index is 14.1. The fourth-order valence-corrected chi connectivity index (χ4v) is 3.16. The number of aromatic hydroxyl groups is 1. The lowest BCUT2D eigenvalue weighted by Gasteiger charge is -2.41. The van der Waals surface area contributed by atoms with Crippen molar-refractivity contribution < 1.29 is 18.6 Å². The molecule has 2 nitrogen and oxygen atoms in total. The molecular weight excluding hydrogens is 250 g/mol. The van der Waals surface area contributed by atoms with Crippen molar-refractivity contribution in [3.8, 4) is 11.5 Å². The van der Waals surface area contributed by atoms with Crippen LogP contribution in [0.25, 0.3) is 0 Å². The summed E-state index contributed by atoms with van der Waals surface area (Å²) < 4.78 is 33.0. The summed E-state index contributed by atoms with van der Waals surface area (Å²) in [5.41, 5.74) is 2.34. The molecule has 0 bridgehead atoms. The van der Waals surface area contributed by atoms with E-state index in [-0.39, 0.29) is 23.8 Å². The first kappa shape index (κ1) is 12.5. The van der Waals surface area contributed by atoms with Gasteiger partial charge in [0.2, 0.25) is 0 Å². The van der Waals surface area contributed by atoms with Crippen LogP contribution in [0, 0.1) is 12.8 Å². The number of halogens is 2. The van der Waals surface area contributed by atoms with E-state index in [1.54, 1.807) is 19.1 Å². The quantitative estimate of drug-likeness (QED) is 0.715. The first-order chi connectivity index (χ1) is 8.88. The standard InChI is InChI=1S/C15H16F2O2/c1-8-3-4-11-10(5-8)14-12(18)6-9(2)7-13(14)19-15(11,16)17/h3,6-7,10-11,18H,4-5H2,1-2H3. The van der Waals surface area contributed by atoms with E-state index in [1.807, 2.05) is 13.0 Å². The van der Waals surface area contributed by atoms with E-state index in [1.165, 1.54) is 0 Å². The molecule has 0 amide bonds. The molecule has 1 aromatic carbocycles. The second-order valence-corrected chi connectivity index (χ2v) is 5.56. The Balaban J connectivity index is 2.17. The molecule has 0 spiro atoms. The normalized spacial score (nSPS) is 27.9. The highest BCUT2D eigenvalue weighted by Crippen LogP contribution is 2.55. The van der Waals surface area contributed by atoms with Crippen LogP contribution in [0.5, 0.6) is 11.5 Å². The van der Waals surface area contributed by atoms with Crippen molar-refractivity contribution in [1.29, 1.82) is 0 Å². The summed E-state index contributed by atoms with van der Waals surface area (Å²) in [6.07, 6.45) is -0.493. The Labute approximate surface area is 110 Å². The Morgan fingerprint density at radius 2 is 2.05 bits per heavy atom. The van der Waals surface area contributed by atoms with Crippen LogP contribution in [-0.4, -0.2) is 11.2 Å². The molecule has 0 saturated carbocycles. The lowest BCUT2D eigenvalue weighted by atomic mass is 9.73. The van der Waals surface area contributed by atoms with Crippen LogP contribution in [0.15, 0.2) is 23.8 Å². The van der Waals surface area contributed by atoms with E-state index in [4.69, 9.17) is 4.74 Å². The molecule has 0 radical (unpaired) electrons. The average molecular weight is 266 g/mol. The third-order valence-electron chi connectivity index (χ3n) is 4.06. The van der Waals surface area contributed by atoms with Crippen LogP contribution in [0.3, 0.4) is 0 Å². The van der Waals surface area contributed by atoms with Gasteiger partial charge in [0.05, 0.1) is 5.92 Å². The monoisotopic (exact) mass is 266 g/mol. The third kappa shape index (κ3) is 1.90. The lowest BCUT2D eigenvalue weighted by Crippen LogP contribution is -2.43. The summed E-state index contributed by atoms with van der Waals surface area (Å²) in [6, 6.07) is 3.18. The summed E-state index contributed by atoms with van der Waals surface area (Å²) in [6.45, 7) is 3.69. The molecule has 4 heteroatoms. The Morgan fingerprint density at radius 3 is 2.79 bits per heavy atom. The highest BCUT2D eigenvalue weighted by atomic mass is 19.3. The largest absolute Gasteiger partial charge is 0.508 e. The first-order valence-corrected chi connectivity index (χ1v) is 6.44. The number of hydrogen-bond acceptors (Lipinski definition) is 2. The minimum atomic E-state index is -3.17. The van der Waals surface area contributed by atoms with E-state index in [2.05, 4.69) is 0 Å². The fraction of sp³-hybridized carbons (Fsp3) is 0.467. The molecule has 0 saturated heterocycles. The molecule has 1 aromatic rings. The SMILES string of the molecule is CC1=CCC2C(C1)c1c(O)cc(C)cc1OC2(F)F. The molecule has 0 aromatic heterocycles. The minimum absolute atomic E-state index is 0.0650. The van der Waals surface area contributed by atoms with Gasteiger partial charge in [0, 0.05) is 11.5 Å². The second-order valence-electron chi connectivity index (χ2n) is 5.56. The van der Waals surface area contributed by atoms with Crippen molar-refractivity contribution in [3.63, 3.8) is 0 Å². The van der Waals surface area contributed by atoms with E-state index in [9.17, 15) is 13.9 Å². The van der Waals surface area contributed by atoms with Gasteiger partial charge in [0.25, 0.3) is 0 Å². The van der Waals surface area contributed by atoms with E-state index in [0.717, 1.165) is 5.57 Å². The maximum atomic E-state index is 14.1. The maximum Gasteiger partial charge on any atom is 0.401 e. The molecule has 1 N–H and O–H groups in total. The molecule has 1 heterocycles. The number of ether oxygens (including phenoxy) is 1. The highest BCUT2D eigenvalue weighted by molar-refractivity contribution is 5.52. The molecule has 1 aliphatic heterocycles.